The molecular formula is C23H25NO5. The zero-order valence-corrected chi connectivity index (χ0v) is 16.9. The van der Waals surface area contributed by atoms with Crippen LogP contribution in [0, 0.1) is 20.8 Å². The molecule has 0 aliphatic carbocycles. The van der Waals surface area contributed by atoms with E-state index in [1.807, 2.05) is 45.0 Å². The number of ether oxygens (including phenoxy) is 3. The van der Waals surface area contributed by atoms with E-state index in [2.05, 4.69) is 5.32 Å². The molecule has 1 amide bonds. The first kappa shape index (κ1) is 20.5. The SMILES string of the molecule is Cc1cc(C)c(NC(=O)COC(=O)/C=C/c2ccc3c(c2)OCCCO3)c(C)c1. The molecule has 2 aromatic carbocycles. The average Bonchev–Trinajstić information content (AvgIpc) is 2.92. The Morgan fingerprint density at radius 1 is 1.03 bits per heavy atom. The highest BCUT2D eigenvalue weighted by molar-refractivity contribution is 5.95. The molecule has 1 aliphatic rings. The molecule has 0 atom stereocenters. The van der Waals surface area contributed by atoms with Gasteiger partial charge in [0, 0.05) is 18.2 Å². The van der Waals surface area contributed by atoms with Crippen molar-refractivity contribution in [3.05, 3.63) is 58.7 Å². The zero-order chi connectivity index (χ0) is 20.8. The minimum Gasteiger partial charge on any atom is -0.490 e. The quantitative estimate of drug-likeness (QED) is 0.613. The maximum absolute atomic E-state index is 12.1. The molecular weight excluding hydrogens is 370 g/mol. The summed E-state index contributed by atoms with van der Waals surface area (Å²) in [6, 6.07) is 9.43. The third kappa shape index (κ3) is 5.60. The average molecular weight is 395 g/mol. The lowest BCUT2D eigenvalue weighted by atomic mass is 10.1. The monoisotopic (exact) mass is 395 g/mol. The second-order valence-electron chi connectivity index (χ2n) is 7.02. The number of carbonyl (C=O) groups excluding carboxylic acids is 2. The molecule has 3 rings (SSSR count). The van der Waals surface area contributed by atoms with Gasteiger partial charge >= 0.3 is 5.97 Å². The summed E-state index contributed by atoms with van der Waals surface area (Å²) in [4.78, 5) is 24.1. The summed E-state index contributed by atoms with van der Waals surface area (Å²) in [6.45, 7) is 6.73. The second-order valence-corrected chi connectivity index (χ2v) is 7.02. The smallest absolute Gasteiger partial charge is 0.331 e. The van der Waals surface area contributed by atoms with Gasteiger partial charge in [0.1, 0.15) is 0 Å². The largest absolute Gasteiger partial charge is 0.490 e. The first-order valence-electron chi connectivity index (χ1n) is 9.54. The lowest BCUT2D eigenvalue weighted by molar-refractivity contribution is -0.142. The lowest BCUT2D eigenvalue weighted by Gasteiger charge is -2.12. The maximum Gasteiger partial charge on any atom is 0.331 e. The summed E-state index contributed by atoms with van der Waals surface area (Å²) < 4.78 is 16.3. The summed E-state index contributed by atoms with van der Waals surface area (Å²) in [7, 11) is 0. The third-order valence-corrected chi connectivity index (χ3v) is 4.47. The van der Waals surface area contributed by atoms with Crippen LogP contribution >= 0.6 is 0 Å². The molecule has 0 fully saturated rings. The van der Waals surface area contributed by atoms with Gasteiger partial charge in [-0.25, -0.2) is 4.79 Å². The van der Waals surface area contributed by atoms with Crippen molar-refractivity contribution >= 4 is 23.6 Å². The van der Waals surface area contributed by atoms with Crippen LogP contribution < -0.4 is 14.8 Å². The van der Waals surface area contributed by atoms with Crippen molar-refractivity contribution in [2.45, 2.75) is 27.2 Å². The summed E-state index contributed by atoms with van der Waals surface area (Å²) >= 11 is 0. The molecule has 6 heteroatoms. The molecule has 0 radical (unpaired) electrons. The van der Waals surface area contributed by atoms with E-state index in [0.717, 1.165) is 34.4 Å². The fourth-order valence-electron chi connectivity index (χ4n) is 3.19. The number of benzene rings is 2. The molecule has 1 heterocycles. The Kier molecular flexibility index (Phi) is 6.54. The van der Waals surface area contributed by atoms with Gasteiger partial charge in [0.15, 0.2) is 18.1 Å². The summed E-state index contributed by atoms with van der Waals surface area (Å²) in [6.07, 6.45) is 3.73. The Bertz CT molecular complexity index is 925. The van der Waals surface area contributed by atoms with Gasteiger partial charge in [-0.15, -0.1) is 0 Å². The second kappa shape index (κ2) is 9.28. The van der Waals surface area contributed by atoms with Gasteiger partial charge in [0.25, 0.3) is 5.91 Å². The third-order valence-electron chi connectivity index (χ3n) is 4.47. The van der Waals surface area contributed by atoms with Crippen LogP contribution in [0.4, 0.5) is 5.69 Å². The Labute approximate surface area is 170 Å². The van der Waals surface area contributed by atoms with Crippen LogP contribution in [0.1, 0.15) is 28.7 Å². The fourth-order valence-corrected chi connectivity index (χ4v) is 3.19. The number of esters is 1. The van der Waals surface area contributed by atoms with Gasteiger partial charge in [-0.2, -0.15) is 0 Å². The van der Waals surface area contributed by atoms with Crippen molar-refractivity contribution in [1.29, 1.82) is 0 Å². The predicted molar refractivity (Wildman–Crippen MR) is 111 cm³/mol. The Hall–Kier alpha value is -3.28. The first-order valence-corrected chi connectivity index (χ1v) is 9.54. The van der Waals surface area contributed by atoms with E-state index < -0.39 is 5.97 Å². The van der Waals surface area contributed by atoms with Crippen LogP contribution in [-0.4, -0.2) is 31.7 Å². The predicted octanol–water partition coefficient (Wildman–Crippen LogP) is 3.97. The van der Waals surface area contributed by atoms with Crippen LogP contribution in [0.3, 0.4) is 0 Å². The normalized spacial score (nSPS) is 13.1. The number of fused-ring (bicyclic) bond motifs is 1. The van der Waals surface area contributed by atoms with Gasteiger partial charge < -0.3 is 19.5 Å². The Balaban J connectivity index is 1.53. The molecule has 1 aliphatic heterocycles. The Morgan fingerprint density at radius 2 is 1.72 bits per heavy atom. The molecule has 0 saturated carbocycles. The van der Waals surface area contributed by atoms with E-state index in [9.17, 15) is 9.59 Å². The molecule has 2 aromatic rings. The van der Waals surface area contributed by atoms with Gasteiger partial charge in [-0.3, -0.25) is 4.79 Å². The molecule has 0 bridgehead atoms. The number of hydrogen-bond acceptors (Lipinski definition) is 5. The highest BCUT2D eigenvalue weighted by Crippen LogP contribution is 2.30. The van der Waals surface area contributed by atoms with Crippen molar-refractivity contribution in [1.82, 2.24) is 0 Å². The van der Waals surface area contributed by atoms with E-state index in [1.54, 1.807) is 12.1 Å². The highest BCUT2D eigenvalue weighted by atomic mass is 16.5. The van der Waals surface area contributed by atoms with Gasteiger partial charge in [-0.05, 0) is 55.7 Å². The molecule has 0 unspecified atom stereocenters. The van der Waals surface area contributed by atoms with Crippen LogP contribution in [0.15, 0.2) is 36.4 Å². The van der Waals surface area contributed by atoms with Crippen molar-refractivity contribution in [3.8, 4) is 11.5 Å². The van der Waals surface area contributed by atoms with Gasteiger partial charge in [0.2, 0.25) is 0 Å². The molecule has 152 valence electrons. The number of amides is 1. The molecule has 0 spiro atoms. The number of rotatable bonds is 5. The number of aryl methyl sites for hydroxylation is 3. The topological polar surface area (TPSA) is 73.9 Å². The Morgan fingerprint density at radius 3 is 2.45 bits per heavy atom. The minimum absolute atomic E-state index is 0.350. The van der Waals surface area contributed by atoms with Crippen molar-refractivity contribution in [2.24, 2.45) is 0 Å². The van der Waals surface area contributed by atoms with Crippen molar-refractivity contribution in [2.75, 3.05) is 25.1 Å². The zero-order valence-electron chi connectivity index (χ0n) is 16.9. The van der Waals surface area contributed by atoms with Gasteiger partial charge in [0.05, 0.1) is 13.2 Å². The minimum atomic E-state index is -0.593. The highest BCUT2D eigenvalue weighted by Gasteiger charge is 2.11. The standard InChI is InChI=1S/C23H25NO5/c1-15-11-16(2)23(17(3)12-15)24-21(25)14-29-22(26)8-6-18-5-7-19-20(13-18)28-10-4-9-27-19/h5-8,11-13H,4,9-10,14H2,1-3H3,(H,24,25)/b8-6+. The number of anilines is 1. The molecule has 0 saturated heterocycles. The van der Waals surface area contributed by atoms with E-state index in [1.165, 1.54) is 6.08 Å². The van der Waals surface area contributed by atoms with Crippen molar-refractivity contribution in [3.63, 3.8) is 0 Å². The first-order chi connectivity index (χ1) is 13.9. The molecule has 1 N–H and O–H groups in total. The molecule has 0 aromatic heterocycles. The van der Waals surface area contributed by atoms with Crippen LogP contribution in [0.25, 0.3) is 6.08 Å². The van der Waals surface area contributed by atoms with Crippen LogP contribution in [-0.2, 0) is 14.3 Å². The molecule has 6 nitrogen and oxygen atoms in total. The van der Waals surface area contributed by atoms with Crippen LogP contribution in [0.2, 0.25) is 0 Å². The number of nitrogens with one attached hydrogen (secondary N) is 1. The van der Waals surface area contributed by atoms with Crippen LogP contribution in [0.5, 0.6) is 11.5 Å². The van der Waals surface area contributed by atoms with E-state index in [-0.39, 0.29) is 12.5 Å². The van der Waals surface area contributed by atoms with E-state index in [4.69, 9.17) is 14.2 Å². The summed E-state index contributed by atoms with van der Waals surface area (Å²) in [5.74, 6) is 0.379. The summed E-state index contributed by atoms with van der Waals surface area (Å²) in [5, 5.41) is 2.80. The lowest BCUT2D eigenvalue weighted by Crippen LogP contribution is -2.21. The van der Waals surface area contributed by atoms with Gasteiger partial charge in [-0.1, -0.05) is 23.8 Å². The van der Waals surface area contributed by atoms with E-state index >= 15 is 0 Å². The van der Waals surface area contributed by atoms with E-state index in [0.29, 0.717) is 24.7 Å². The molecule has 29 heavy (non-hydrogen) atoms. The van der Waals surface area contributed by atoms with Crippen molar-refractivity contribution < 1.29 is 23.8 Å². The summed E-state index contributed by atoms with van der Waals surface area (Å²) in [5.41, 5.74) is 4.60. The fraction of sp³-hybridized carbons (Fsp3) is 0.304. The number of hydrogen-bond donors (Lipinski definition) is 1. The number of carbonyl (C=O) groups is 2. The maximum atomic E-state index is 12.1.